The van der Waals surface area contributed by atoms with Crippen molar-refractivity contribution < 1.29 is 210 Å². The first kappa shape index (κ1) is 110. The first-order chi connectivity index (χ1) is 56.2. The van der Waals surface area contributed by atoms with Crippen LogP contribution >= 0.6 is 0 Å². The molecule has 0 bridgehead atoms. The van der Waals surface area contributed by atoms with Gasteiger partial charge in [-0.15, -0.1) is 0 Å². The molecule has 4 N–H and O–H groups in total. The summed E-state index contributed by atoms with van der Waals surface area (Å²) in [7, 11) is -2.60. The fraction of sp³-hybridized carbons (Fsp3) is 0.585. The second-order valence-corrected chi connectivity index (χ2v) is 36.2. The van der Waals surface area contributed by atoms with Gasteiger partial charge in [0.2, 0.25) is 8.32 Å². The average molecular weight is 1760 g/mol. The van der Waals surface area contributed by atoms with Gasteiger partial charge in [0.25, 0.3) is 0 Å². The van der Waals surface area contributed by atoms with E-state index in [9.17, 15) is 67.1 Å². The Balaban J connectivity index is 0.0000732. The van der Waals surface area contributed by atoms with Crippen LogP contribution in [0, 0.1) is 32.5 Å². The third-order valence-electron chi connectivity index (χ3n) is 18.0. The minimum Gasteiger partial charge on any atom is -1.00 e. The van der Waals surface area contributed by atoms with Crippen LogP contribution in [0.1, 0.15) is 95.3 Å². The van der Waals surface area contributed by atoms with Crippen LogP contribution in [0.4, 0.5) is 19.2 Å². The summed E-state index contributed by atoms with van der Waals surface area (Å²) < 4.78 is 106. The molecule has 37 nitrogen and oxygen atoms in total. The number of esters is 10. The predicted octanol–water partition coefficient (Wildman–Crippen LogP) is 4.48. The maximum atomic E-state index is 14.0. The molecule has 672 valence electrons. The van der Waals surface area contributed by atoms with Crippen molar-refractivity contribution in [3.05, 3.63) is 127 Å². The molecular weight excluding hydrogens is 1640 g/mol. The van der Waals surface area contributed by atoms with E-state index >= 15 is 0 Å². The van der Waals surface area contributed by atoms with Crippen LogP contribution in [0.15, 0.2) is 127 Å². The van der Waals surface area contributed by atoms with Gasteiger partial charge in [-0.05, 0) is 90.1 Å². The van der Waals surface area contributed by atoms with Crippen LogP contribution in [0.3, 0.4) is 0 Å². The summed E-state index contributed by atoms with van der Waals surface area (Å²) in [6.07, 6.45) is 5.89. The Labute approximate surface area is 751 Å². The SMILES string of the molecule is C=CC(=O)OCC(COCC(COC(=O)C=C)(COC(=O)C=C)COC(=O)NC1(C)CC(NC(=O)OC(C)COCO[Si](C)(C)COCC(C)OC(=O)NC2CC(C)(C)CC(C)(NC(=O)OCC(COCC(COC(=O)C=C)(COC(=O)C=C)COC(=O)C=C)(COC(=O)C=C)COC(=O)C=C)C2)CC(C)(C)C1)(COC(=O)C=C)COC(=O)C=C.[H-].[K+]. The fourth-order valence-electron chi connectivity index (χ4n) is 12.9. The molecule has 2 fully saturated rings. The summed E-state index contributed by atoms with van der Waals surface area (Å²) in [4.78, 5) is 179. The van der Waals surface area contributed by atoms with Gasteiger partial charge in [-0.2, -0.15) is 0 Å². The van der Waals surface area contributed by atoms with E-state index in [1.807, 2.05) is 40.8 Å². The summed E-state index contributed by atoms with van der Waals surface area (Å²) >= 11 is 0. The van der Waals surface area contributed by atoms with Gasteiger partial charge in [-0.1, -0.05) is 93.5 Å². The maximum Gasteiger partial charge on any atom is 1.00 e. The Morgan fingerprint density at radius 3 is 0.802 bits per heavy atom. The van der Waals surface area contributed by atoms with Gasteiger partial charge in [0, 0.05) is 83.9 Å². The standard InChI is InChI=1S/C82H120N4O33Si.K.H/c1-21-61(87)105-43-79(44-106-62(88)22-2,45-107-63(89)23-3)39-103-41-81(49-111-67(93)27-7,50-112-68(94)28-8)53-115-73(99)85-77(17)33-59(31-75(13,14)37-77)83-71(97)118-57(11)35-101-55-117-120(19,20)56-102-36-58(12)119-72(98)84-60-32-76(15,16)38-78(18,34-60)86-74(100)116-54-82(51-113-69(95)29-9,52-114-70(96)30-10)42-104-40-80(46-108-64(90)24-4,47-109-65(91)25-5)48-110-66(92)26-6;;/h21-30,57-60H,1-10,31-56H2,11-20H3,(H,83,97)(H,84,98)(H,85,99)(H,86,100);;/q;+1;-1. The zero-order valence-electron chi connectivity index (χ0n) is 72.5. The molecule has 0 heterocycles. The molecule has 0 spiro atoms. The predicted molar refractivity (Wildman–Crippen MR) is 431 cm³/mol. The van der Waals surface area contributed by atoms with Gasteiger partial charge in [-0.3, -0.25) is 0 Å². The Kier molecular flexibility index (Phi) is 48.7. The summed E-state index contributed by atoms with van der Waals surface area (Å²) in [6, 6.07) is -1.09. The van der Waals surface area contributed by atoms with Gasteiger partial charge in [0.1, 0.15) is 98.3 Å². The number of carbonyl (C=O) groups excluding carboxylic acids is 14. The number of ether oxygens (including phenoxy) is 18. The van der Waals surface area contributed by atoms with Crippen LogP contribution in [-0.4, -0.2) is 260 Å². The minimum absolute atomic E-state index is 0. The zero-order valence-corrected chi connectivity index (χ0v) is 75.6. The van der Waals surface area contributed by atoms with Crippen molar-refractivity contribution in [1.82, 2.24) is 21.3 Å². The van der Waals surface area contributed by atoms with E-state index in [0.717, 1.165) is 60.8 Å². The van der Waals surface area contributed by atoms with E-state index in [-0.39, 0.29) is 91.9 Å². The molecule has 0 aromatic heterocycles. The second-order valence-electron chi connectivity index (χ2n) is 32.1. The number of nitrogens with one attached hydrogen (secondary N) is 4. The molecule has 4 amide bonds. The first-order valence-corrected chi connectivity index (χ1v) is 41.1. The molecular formula is C82H121KN4O33Si. The molecule has 6 unspecified atom stereocenters. The molecule has 0 aromatic rings. The van der Waals surface area contributed by atoms with Gasteiger partial charge in [0.05, 0.1) is 67.5 Å². The molecule has 2 rings (SSSR count). The Morgan fingerprint density at radius 2 is 0.570 bits per heavy atom. The Hall–Kier alpha value is -9.17. The number of alkyl carbamates (subject to hydrolysis) is 4. The summed E-state index contributed by atoms with van der Waals surface area (Å²) in [5, 5.41) is 11.6. The molecule has 0 aliphatic heterocycles. The molecule has 6 atom stereocenters. The van der Waals surface area contributed by atoms with E-state index in [1.165, 1.54) is 0 Å². The molecule has 2 saturated carbocycles. The number of hydrogen-bond acceptors (Lipinski definition) is 33. The minimum atomic E-state index is -2.60. The zero-order chi connectivity index (χ0) is 90.6. The summed E-state index contributed by atoms with van der Waals surface area (Å²) in [5.41, 5.74) is -9.73. The quantitative estimate of drug-likeness (QED) is 0.0163. The Morgan fingerprint density at radius 1 is 0.347 bits per heavy atom. The molecule has 2 aliphatic rings. The van der Waals surface area contributed by atoms with Crippen molar-refractivity contribution in [3.63, 3.8) is 0 Å². The van der Waals surface area contributed by atoms with Crippen molar-refractivity contribution in [3.8, 4) is 0 Å². The maximum absolute atomic E-state index is 14.0. The van der Waals surface area contributed by atoms with Crippen molar-refractivity contribution in [2.75, 3.05) is 132 Å². The normalized spacial score (nSPS) is 17.7. The van der Waals surface area contributed by atoms with Gasteiger partial charge < -0.3 is 112 Å². The van der Waals surface area contributed by atoms with Gasteiger partial charge in [-0.25, -0.2) is 67.1 Å². The molecule has 121 heavy (non-hydrogen) atoms. The summed E-state index contributed by atoms with van der Waals surface area (Å²) in [6.45, 7) is 42.5. The smallest absolute Gasteiger partial charge is 1.00 e. The Bertz CT molecular complexity index is 3480. The van der Waals surface area contributed by atoms with Crippen LogP contribution in [0.5, 0.6) is 0 Å². The van der Waals surface area contributed by atoms with Crippen LogP contribution in [-0.2, 0) is 138 Å². The average Bonchev–Trinajstić information content (AvgIpc) is 0.794. The number of amides is 4. The van der Waals surface area contributed by atoms with E-state index in [1.54, 1.807) is 27.7 Å². The van der Waals surface area contributed by atoms with Gasteiger partial charge in [0.15, 0.2) is 0 Å². The monoisotopic (exact) mass is 1760 g/mol. The molecule has 2 aliphatic carbocycles. The number of carbonyl (C=O) groups is 14. The summed E-state index contributed by atoms with van der Waals surface area (Å²) in [5.74, 6) is -9.05. The topological polar surface area (TPSA) is 462 Å². The van der Waals surface area contributed by atoms with Crippen molar-refractivity contribution in [2.24, 2.45) is 32.5 Å². The van der Waals surface area contributed by atoms with Crippen LogP contribution in [0.25, 0.3) is 0 Å². The molecule has 0 radical (unpaired) electrons. The third kappa shape index (κ3) is 44.5. The van der Waals surface area contributed by atoms with Crippen molar-refractivity contribution in [2.45, 2.75) is 142 Å². The largest absolute Gasteiger partial charge is 1.00 e. The third-order valence-corrected chi connectivity index (χ3v) is 19.8. The number of hydrogen-bond donors (Lipinski definition) is 4. The van der Waals surface area contributed by atoms with Gasteiger partial charge >= 0.3 is 135 Å². The molecule has 0 aromatic carbocycles. The van der Waals surface area contributed by atoms with E-state index in [4.69, 9.17) is 89.7 Å². The second kappa shape index (κ2) is 53.7. The van der Waals surface area contributed by atoms with E-state index in [2.05, 4.69) is 87.1 Å². The fourth-order valence-corrected chi connectivity index (χ4v) is 14.0. The molecule has 39 heteroatoms. The van der Waals surface area contributed by atoms with E-state index < -0.39 is 266 Å². The first-order valence-electron chi connectivity index (χ1n) is 37.9. The van der Waals surface area contributed by atoms with E-state index in [0.29, 0.717) is 25.7 Å². The van der Waals surface area contributed by atoms with Crippen molar-refractivity contribution in [1.29, 1.82) is 0 Å². The van der Waals surface area contributed by atoms with Crippen molar-refractivity contribution >= 4 is 92.4 Å². The molecule has 0 saturated heterocycles. The van der Waals surface area contributed by atoms with Crippen LogP contribution < -0.4 is 72.7 Å². The van der Waals surface area contributed by atoms with Crippen LogP contribution in [0.2, 0.25) is 13.1 Å². The number of rotatable bonds is 57.